The fourth-order valence-corrected chi connectivity index (χ4v) is 9.19. The van der Waals surface area contributed by atoms with Crippen LogP contribution < -0.4 is 14.8 Å². The standard InChI is InChI=1S/C39H54N4O6/c1-8-24-30-20-43(31(24)32(44)21(2)3)36(45)34(38(4,5)6)42-37(46)49-29-18-22-17-26(22)25(29)11-9-10-14-39(15-16-39)33-35(48-30)41-28-19-23(47-7)12-13-27(28)40-33/h12-13,19,21-22,24-26,29-31,34H,8-11,14-18,20H2,1-7H3,(H,42,46). The summed E-state index contributed by atoms with van der Waals surface area (Å²) in [6.07, 6.45) is 7.76. The van der Waals surface area contributed by atoms with Crippen LogP contribution in [0.1, 0.15) is 105 Å². The van der Waals surface area contributed by atoms with E-state index in [2.05, 4.69) is 5.32 Å². The smallest absolute Gasteiger partial charge is 0.408 e. The van der Waals surface area contributed by atoms with Gasteiger partial charge in [0.25, 0.3) is 0 Å². The van der Waals surface area contributed by atoms with Crippen molar-refractivity contribution in [2.45, 2.75) is 129 Å². The second-order valence-electron chi connectivity index (χ2n) is 16.9. The molecule has 3 heterocycles. The van der Waals surface area contributed by atoms with E-state index in [9.17, 15) is 14.4 Å². The lowest BCUT2D eigenvalue weighted by molar-refractivity contribution is -0.143. The minimum atomic E-state index is -0.884. The molecule has 2 aliphatic heterocycles. The molecule has 1 spiro atoms. The molecule has 1 N–H and O–H groups in total. The number of ether oxygens (including phenoxy) is 3. The number of hydrogen-bond donors (Lipinski definition) is 1. The number of Topliss-reactive ketones (excluding diaryl/α,β-unsaturated/α-hetero) is 1. The fraction of sp³-hybridized carbons (Fsp3) is 0.718. The predicted molar refractivity (Wildman–Crippen MR) is 185 cm³/mol. The molecule has 2 amide bonds. The molecule has 3 saturated carbocycles. The average molecular weight is 675 g/mol. The van der Waals surface area contributed by atoms with Crippen LogP contribution in [0, 0.1) is 35.0 Å². The average Bonchev–Trinajstić information content (AvgIpc) is 3.96. The number of carbonyl (C=O) groups is 3. The third-order valence-corrected chi connectivity index (χ3v) is 12.3. The molecule has 2 bridgehead atoms. The van der Waals surface area contributed by atoms with Crippen molar-refractivity contribution in [3.8, 4) is 11.6 Å². The summed E-state index contributed by atoms with van der Waals surface area (Å²) in [4.78, 5) is 54.2. The number of methoxy groups -OCH3 is 1. The molecule has 10 heteroatoms. The number of alkyl carbamates (subject to hydrolysis) is 1. The van der Waals surface area contributed by atoms with Gasteiger partial charge in [0.1, 0.15) is 29.7 Å². The van der Waals surface area contributed by atoms with Gasteiger partial charge in [0.05, 0.1) is 30.7 Å². The highest BCUT2D eigenvalue weighted by molar-refractivity contribution is 5.94. The molecule has 5 aliphatic rings. The van der Waals surface area contributed by atoms with Crippen molar-refractivity contribution < 1.29 is 28.6 Å². The first-order chi connectivity index (χ1) is 23.3. The first kappa shape index (κ1) is 34.0. The molecular formula is C39H54N4O6. The van der Waals surface area contributed by atoms with Crippen molar-refractivity contribution in [1.82, 2.24) is 20.2 Å². The van der Waals surface area contributed by atoms with E-state index in [4.69, 9.17) is 24.2 Å². The maximum absolute atomic E-state index is 14.7. The van der Waals surface area contributed by atoms with Gasteiger partial charge in [-0.25, -0.2) is 14.8 Å². The van der Waals surface area contributed by atoms with E-state index in [1.54, 1.807) is 12.0 Å². The quantitative estimate of drug-likeness (QED) is 0.385. The third-order valence-electron chi connectivity index (χ3n) is 12.3. The van der Waals surface area contributed by atoms with Gasteiger partial charge in [0, 0.05) is 23.3 Å². The highest BCUT2D eigenvalue weighted by atomic mass is 16.6. The molecular weight excluding hydrogens is 620 g/mol. The van der Waals surface area contributed by atoms with Crippen LogP contribution in [0.25, 0.3) is 11.0 Å². The summed E-state index contributed by atoms with van der Waals surface area (Å²) in [6.45, 7) is 11.8. The molecule has 2 aromatic rings. The van der Waals surface area contributed by atoms with Crippen LogP contribution in [-0.2, 0) is 19.7 Å². The van der Waals surface area contributed by atoms with Crippen LogP contribution in [0.4, 0.5) is 4.79 Å². The number of nitrogens with zero attached hydrogens (tertiary/aromatic N) is 3. The molecule has 4 fully saturated rings. The van der Waals surface area contributed by atoms with E-state index in [1.807, 2.05) is 59.7 Å². The monoisotopic (exact) mass is 674 g/mol. The van der Waals surface area contributed by atoms with Crippen LogP contribution >= 0.6 is 0 Å². The van der Waals surface area contributed by atoms with Crippen molar-refractivity contribution in [3.63, 3.8) is 0 Å². The van der Waals surface area contributed by atoms with E-state index in [1.165, 1.54) is 6.42 Å². The van der Waals surface area contributed by atoms with Crippen molar-refractivity contribution >= 4 is 28.8 Å². The van der Waals surface area contributed by atoms with Gasteiger partial charge in [-0.1, -0.05) is 54.4 Å². The molecule has 1 aromatic heterocycles. The van der Waals surface area contributed by atoms with E-state index in [0.29, 0.717) is 41.3 Å². The summed E-state index contributed by atoms with van der Waals surface area (Å²) in [5, 5.41) is 2.98. The minimum absolute atomic E-state index is 0.00586. The Bertz CT molecular complexity index is 1610. The lowest BCUT2D eigenvalue weighted by Crippen LogP contribution is -2.58. The van der Waals surface area contributed by atoms with Crippen LogP contribution in [0.3, 0.4) is 0 Å². The van der Waals surface area contributed by atoms with Gasteiger partial charge in [-0.2, -0.15) is 0 Å². The zero-order chi connectivity index (χ0) is 34.8. The first-order valence-electron chi connectivity index (χ1n) is 18.7. The Balaban J connectivity index is 1.31. The van der Waals surface area contributed by atoms with E-state index in [0.717, 1.165) is 56.2 Å². The summed E-state index contributed by atoms with van der Waals surface area (Å²) >= 11 is 0. The largest absolute Gasteiger partial charge is 0.497 e. The lowest BCUT2D eigenvalue weighted by atomic mass is 9.84. The van der Waals surface area contributed by atoms with Gasteiger partial charge in [0.15, 0.2) is 5.78 Å². The van der Waals surface area contributed by atoms with Crippen LogP contribution in [0.5, 0.6) is 11.6 Å². The van der Waals surface area contributed by atoms with Gasteiger partial charge in [-0.05, 0) is 80.2 Å². The summed E-state index contributed by atoms with van der Waals surface area (Å²) in [5.74, 6) is 1.96. The Hall–Kier alpha value is -3.43. The Morgan fingerprint density at radius 2 is 1.82 bits per heavy atom. The van der Waals surface area contributed by atoms with Crippen molar-refractivity contribution in [2.24, 2.45) is 35.0 Å². The number of hydrogen-bond acceptors (Lipinski definition) is 8. The second-order valence-corrected chi connectivity index (χ2v) is 16.9. The molecule has 1 aromatic carbocycles. The van der Waals surface area contributed by atoms with E-state index < -0.39 is 29.7 Å². The number of benzene rings is 1. The maximum Gasteiger partial charge on any atom is 0.408 e. The van der Waals surface area contributed by atoms with Gasteiger partial charge in [-0.3, -0.25) is 9.59 Å². The van der Waals surface area contributed by atoms with Crippen molar-refractivity contribution in [2.75, 3.05) is 13.7 Å². The number of rotatable bonds is 4. The van der Waals surface area contributed by atoms with Crippen LogP contribution in [-0.4, -0.2) is 70.6 Å². The molecule has 266 valence electrons. The Labute approximate surface area is 290 Å². The molecule has 10 nitrogen and oxygen atoms in total. The number of nitrogens with one attached hydrogen (secondary N) is 1. The van der Waals surface area contributed by atoms with Gasteiger partial charge >= 0.3 is 6.09 Å². The minimum Gasteiger partial charge on any atom is -0.497 e. The number of aromatic nitrogens is 2. The van der Waals surface area contributed by atoms with Gasteiger partial charge in [0.2, 0.25) is 11.8 Å². The molecule has 49 heavy (non-hydrogen) atoms. The van der Waals surface area contributed by atoms with Crippen molar-refractivity contribution in [3.05, 3.63) is 23.9 Å². The Morgan fingerprint density at radius 3 is 2.49 bits per heavy atom. The normalized spacial score (nSPS) is 32.7. The van der Waals surface area contributed by atoms with Gasteiger partial charge in [-0.15, -0.1) is 0 Å². The molecule has 3 aliphatic carbocycles. The predicted octanol–water partition coefficient (Wildman–Crippen LogP) is 6.62. The lowest BCUT2D eigenvalue weighted by Gasteiger charge is -2.36. The molecule has 8 unspecified atom stereocenters. The summed E-state index contributed by atoms with van der Waals surface area (Å²) in [5.41, 5.74) is 1.63. The van der Waals surface area contributed by atoms with Crippen molar-refractivity contribution in [1.29, 1.82) is 0 Å². The van der Waals surface area contributed by atoms with Crippen LogP contribution in [0.2, 0.25) is 0 Å². The Kier molecular flexibility index (Phi) is 8.83. The first-order valence-corrected chi connectivity index (χ1v) is 18.7. The van der Waals surface area contributed by atoms with E-state index in [-0.39, 0.29) is 41.6 Å². The number of fused-ring (bicyclic) bond motifs is 8. The molecule has 8 atom stereocenters. The summed E-state index contributed by atoms with van der Waals surface area (Å²) < 4.78 is 18.6. The zero-order valence-electron chi connectivity index (χ0n) is 30.3. The zero-order valence-corrected chi connectivity index (χ0v) is 30.3. The van der Waals surface area contributed by atoms with Crippen LogP contribution in [0.15, 0.2) is 18.2 Å². The molecule has 1 saturated heterocycles. The SMILES string of the molecule is CCC1C2CN(C(=O)C(C(C)(C)C)NC(=O)OC3CC4CC4C3CCCCC3(CC3)c3nc4ccc(OC)cc4nc3O2)C1C(=O)C(C)C. The highest BCUT2D eigenvalue weighted by Crippen LogP contribution is 2.58. The highest BCUT2D eigenvalue weighted by Gasteiger charge is 2.56. The van der Waals surface area contributed by atoms with E-state index >= 15 is 0 Å². The Morgan fingerprint density at radius 1 is 1.04 bits per heavy atom. The topological polar surface area (TPSA) is 120 Å². The number of amides is 2. The number of carbonyl (C=O) groups excluding carboxylic acids is 3. The van der Waals surface area contributed by atoms with Gasteiger partial charge < -0.3 is 24.4 Å². The molecule has 7 rings (SSSR count). The summed E-state index contributed by atoms with van der Waals surface area (Å²) in [7, 11) is 1.64. The third kappa shape index (κ3) is 6.37. The fourth-order valence-electron chi connectivity index (χ4n) is 9.19. The second kappa shape index (κ2) is 12.7. The maximum atomic E-state index is 14.7. The number of ketones is 1. The summed E-state index contributed by atoms with van der Waals surface area (Å²) in [6, 6.07) is 4.18. The molecule has 0 radical (unpaired) electrons.